The number of nitrogens with zero attached hydrogens (tertiary/aromatic N) is 4. The molecule has 1 aliphatic heterocycles. The van der Waals surface area contributed by atoms with Crippen LogP contribution in [0.2, 0.25) is 0 Å². The van der Waals surface area contributed by atoms with Crippen LogP contribution in [0.3, 0.4) is 0 Å². The lowest BCUT2D eigenvalue weighted by Crippen LogP contribution is -2.30. The van der Waals surface area contributed by atoms with Crippen LogP contribution in [0, 0.1) is 5.92 Å². The molecule has 2 heterocycles. The van der Waals surface area contributed by atoms with Crippen LogP contribution < -0.4 is 0 Å². The van der Waals surface area contributed by atoms with Crippen molar-refractivity contribution in [2.45, 2.75) is 32.9 Å². The molecule has 0 unspecified atom stereocenters. The van der Waals surface area contributed by atoms with Crippen molar-refractivity contribution in [1.82, 2.24) is 19.4 Å². The first-order valence-corrected chi connectivity index (χ1v) is 8.68. The molecule has 1 saturated heterocycles. The van der Waals surface area contributed by atoms with Crippen molar-refractivity contribution in [3.05, 3.63) is 30.1 Å². The number of benzene rings is 1. The molecule has 2 aromatic rings. The zero-order chi connectivity index (χ0) is 17.3. The van der Waals surface area contributed by atoms with E-state index in [4.69, 9.17) is 0 Å². The molecule has 1 aliphatic rings. The fourth-order valence-electron chi connectivity index (χ4n) is 3.66. The van der Waals surface area contributed by atoms with Crippen LogP contribution in [0.1, 0.15) is 38.7 Å². The number of rotatable bonds is 6. The van der Waals surface area contributed by atoms with Gasteiger partial charge in [-0.25, -0.2) is 4.98 Å². The molecular weight excluding hydrogens is 310 g/mol. The van der Waals surface area contributed by atoms with Gasteiger partial charge in [0.05, 0.1) is 17.1 Å². The summed E-state index contributed by atoms with van der Waals surface area (Å²) in [5, 5.41) is 0. The molecule has 2 atom stereocenters. The van der Waals surface area contributed by atoms with Crippen LogP contribution in [0.5, 0.6) is 0 Å². The van der Waals surface area contributed by atoms with Gasteiger partial charge in [-0.1, -0.05) is 19.1 Å². The molecular formula is C18H26F2N4. The smallest absolute Gasteiger partial charge is 0.306 e. The third-order valence-corrected chi connectivity index (χ3v) is 5.17. The van der Waals surface area contributed by atoms with Crippen LogP contribution in [-0.2, 0) is 0 Å². The average molecular weight is 336 g/mol. The second-order valence-electron chi connectivity index (χ2n) is 6.79. The summed E-state index contributed by atoms with van der Waals surface area (Å²) in [5.74, 6) is 1.07. The predicted molar refractivity (Wildman–Crippen MR) is 92.3 cm³/mol. The van der Waals surface area contributed by atoms with E-state index in [1.165, 1.54) is 0 Å². The van der Waals surface area contributed by atoms with Gasteiger partial charge in [0.2, 0.25) is 0 Å². The van der Waals surface area contributed by atoms with Crippen molar-refractivity contribution in [2.24, 2.45) is 5.92 Å². The van der Waals surface area contributed by atoms with Crippen molar-refractivity contribution in [3.8, 4) is 0 Å². The minimum atomic E-state index is -2.57. The van der Waals surface area contributed by atoms with E-state index >= 15 is 0 Å². The summed E-state index contributed by atoms with van der Waals surface area (Å²) >= 11 is 0. The number of imidazole rings is 1. The number of halogens is 2. The van der Waals surface area contributed by atoms with Gasteiger partial charge < -0.3 is 4.90 Å². The molecule has 3 rings (SSSR count). The Bertz CT molecular complexity index is 685. The highest BCUT2D eigenvalue weighted by molar-refractivity contribution is 5.76. The van der Waals surface area contributed by atoms with Gasteiger partial charge in [-0.15, -0.1) is 0 Å². The minimum Gasteiger partial charge on any atom is -0.306 e. The number of alkyl halides is 2. The molecule has 24 heavy (non-hydrogen) atoms. The van der Waals surface area contributed by atoms with E-state index in [9.17, 15) is 8.78 Å². The van der Waals surface area contributed by atoms with Crippen LogP contribution in [0.4, 0.5) is 8.78 Å². The fourth-order valence-corrected chi connectivity index (χ4v) is 3.66. The first-order chi connectivity index (χ1) is 11.5. The number of para-hydroxylation sites is 2. The molecule has 0 N–H and O–H groups in total. The second-order valence-corrected chi connectivity index (χ2v) is 6.79. The number of hydrogen-bond acceptors (Lipinski definition) is 3. The van der Waals surface area contributed by atoms with E-state index in [-0.39, 0.29) is 6.04 Å². The SMILES string of the molecule is CCN(C)C[C@H]1CCN([C@H](C)c2nc3ccccc3n2C(F)F)C1. The highest BCUT2D eigenvalue weighted by atomic mass is 19.3. The lowest BCUT2D eigenvalue weighted by atomic mass is 10.1. The molecule has 1 fully saturated rings. The van der Waals surface area contributed by atoms with Gasteiger partial charge in [-0.3, -0.25) is 9.47 Å². The van der Waals surface area contributed by atoms with E-state index in [0.29, 0.717) is 22.8 Å². The molecule has 132 valence electrons. The zero-order valence-electron chi connectivity index (χ0n) is 14.6. The van der Waals surface area contributed by atoms with Crippen LogP contribution in [0.25, 0.3) is 11.0 Å². The third-order valence-electron chi connectivity index (χ3n) is 5.17. The Hall–Kier alpha value is -1.53. The summed E-state index contributed by atoms with van der Waals surface area (Å²) in [4.78, 5) is 9.11. The molecule has 1 aromatic carbocycles. The average Bonchev–Trinajstić information content (AvgIpc) is 3.18. The summed E-state index contributed by atoms with van der Waals surface area (Å²) in [7, 11) is 2.13. The Labute approximate surface area is 142 Å². The van der Waals surface area contributed by atoms with Gasteiger partial charge in [-0.05, 0) is 51.5 Å². The number of fused-ring (bicyclic) bond motifs is 1. The molecule has 6 heteroatoms. The summed E-state index contributed by atoms with van der Waals surface area (Å²) in [6.45, 7) is 5.55. The Morgan fingerprint density at radius 2 is 2.08 bits per heavy atom. The molecule has 0 aliphatic carbocycles. The lowest BCUT2D eigenvalue weighted by Gasteiger charge is -2.25. The molecule has 1 aromatic heterocycles. The van der Waals surface area contributed by atoms with E-state index in [1.54, 1.807) is 18.2 Å². The van der Waals surface area contributed by atoms with Crippen molar-refractivity contribution < 1.29 is 8.78 Å². The molecule has 4 nitrogen and oxygen atoms in total. The first kappa shape index (κ1) is 17.3. The molecule has 0 amide bonds. The maximum atomic E-state index is 13.6. The monoisotopic (exact) mass is 336 g/mol. The molecule has 0 spiro atoms. The fraction of sp³-hybridized carbons (Fsp3) is 0.611. The summed E-state index contributed by atoms with van der Waals surface area (Å²) in [5.41, 5.74) is 1.15. The van der Waals surface area contributed by atoms with Gasteiger partial charge in [0.1, 0.15) is 5.82 Å². The Balaban J connectivity index is 1.82. The summed E-state index contributed by atoms with van der Waals surface area (Å²) in [6, 6.07) is 7.03. The first-order valence-electron chi connectivity index (χ1n) is 8.68. The predicted octanol–water partition coefficient (Wildman–Crippen LogP) is 3.77. The maximum absolute atomic E-state index is 13.6. The van der Waals surface area contributed by atoms with E-state index in [0.717, 1.165) is 37.2 Å². The summed E-state index contributed by atoms with van der Waals surface area (Å²) in [6.07, 6.45) is 1.11. The van der Waals surface area contributed by atoms with Crippen molar-refractivity contribution in [1.29, 1.82) is 0 Å². The molecule has 0 saturated carbocycles. The van der Waals surface area contributed by atoms with Crippen molar-refractivity contribution >= 4 is 11.0 Å². The number of likely N-dealkylation sites (tertiary alicyclic amines) is 1. The Morgan fingerprint density at radius 3 is 2.79 bits per heavy atom. The lowest BCUT2D eigenvalue weighted by molar-refractivity contribution is 0.0657. The van der Waals surface area contributed by atoms with Crippen molar-refractivity contribution in [3.63, 3.8) is 0 Å². The highest BCUT2D eigenvalue weighted by Crippen LogP contribution is 2.32. The zero-order valence-corrected chi connectivity index (χ0v) is 14.6. The Kier molecular flexibility index (Phi) is 5.15. The number of aromatic nitrogens is 2. The highest BCUT2D eigenvalue weighted by Gasteiger charge is 2.31. The largest absolute Gasteiger partial charge is 0.320 e. The normalized spacial score (nSPS) is 20.5. The molecule has 0 bridgehead atoms. The third kappa shape index (κ3) is 3.30. The van der Waals surface area contributed by atoms with Crippen molar-refractivity contribution in [2.75, 3.05) is 33.2 Å². The quantitative estimate of drug-likeness (QED) is 0.803. The van der Waals surface area contributed by atoms with E-state index in [2.05, 4.69) is 28.8 Å². The summed E-state index contributed by atoms with van der Waals surface area (Å²) < 4.78 is 28.3. The van der Waals surface area contributed by atoms with Gasteiger partial charge in [0, 0.05) is 13.1 Å². The van der Waals surface area contributed by atoms with E-state index in [1.807, 2.05) is 13.0 Å². The van der Waals surface area contributed by atoms with Crippen LogP contribution in [-0.4, -0.2) is 52.6 Å². The second kappa shape index (κ2) is 7.15. The topological polar surface area (TPSA) is 24.3 Å². The van der Waals surface area contributed by atoms with Gasteiger partial charge in [0.25, 0.3) is 0 Å². The van der Waals surface area contributed by atoms with Gasteiger partial charge in [-0.2, -0.15) is 8.78 Å². The van der Waals surface area contributed by atoms with Crippen LogP contribution >= 0.6 is 0 Å². The van der Waals surface area contributed by atoms with Gasteiger partial charge in [0.15, 0.2) is 0 Å². The standard InChI is InChI=1S/C18H26F2N4/c1-4-22(3)11-14-9-10-23(12-14)13(2)17-21-15-7-5-6-8-16(15)24(17)18(19)20/h5-8,13-14,18H,4,9-12H2,1-3H3/t13-,14-/m1/s1. The van der Waals surface area contributed by atoms with Crippen LogP contribution in [0.15, 0.2) is 24.3 Å². The van der Waals surface area contributed by atoms with E-state index < -0.39 is 6.55 Å². The maximum Gasteiger partial charge on any atom is 0.320 e. The molecule has 0 radical (unpaired) electrons. The minimum absolute atomic E-state index is 0.108. The number of hydrogen-bond donors (Lipinski definition) is 0. The Morgan fingerprint density at radius 1 is 1.33 bits per heavy atom. The van der Waals surface area contributed by atoms with Gasteiger partial charge >= 0.3 is 6.55 Å².